The highest BCUT2D eigenvalue weighted by Gasteiger charge is 2.15. The molecule has 1 heterocycles. The zero-order chi connectivity index (χ0) is 13.1. The van der Waals surface area contributed by atoms with E-state index in [0.717, 1.165) is 16.3 Å². The number of rotatable bonds is 3. The number of hydrogen-bond acceptors (Lipinski definition) is 1. The van der Waals surface area contributed by atoms with Gasteiger partial charge in [-0.3, -0.25) is 4.99 Å². The van der Waals surface area contributed by atoms with E-state index in [-0.39, 0.29) is 0 Å². The van der Waals surface area contributed by atoms with Crippen LogP contribution in [0.2, 0.25) is 5.02 Å². The van der Waals surface area contributed by atoms with Gasteiger partial charge in [-0.2, -0.15) is 0 Å². The van der Waals surface area contributed by atoms with Gasteiger partial charge in [-0.25, -0.2) is 0 Å². The molecule has 19 heavy (non-hydrogen) atoms. The molecular weight excluding hydrogens is 256 g/mol. The molecule has 1 aliphatic rings. The van der Waals surface area contributed by atoms with Crippen molar-refractivity contribution in [1.29, 1.82) is 0 Å². The van der Waals surface area contributed by atoms with Crippen molar-refractivity contribution in [1.82, 2.24) is 4.57 Å². The van der Waals surface area contributed by atoms with E-state index in [2.05, 4.69) is 28.0 Å². The van der Waals surface area contributed by atoms with Crippen LogP contribution in [0.4, 0.5) is 5.69 Å². The highest BCUT2D eigenvalue weighted by Crippen LogP contribution is 2.29. The van der Waals surface area contributed by atoms with Gasteiger partial charge in [0.25, 0.3) is 0 Å². The second kappa shape index (κ2) is 5.62. The first-order valence-electron chi connectivity index (χ1n) is 6.78. The molecule has 1 aromatic carbocycles. The van der Waals surface area contributed by atoms with Gasteiger partial charge in [-0.1, -0.05) is 30.5 Å². The zero-order valence-corrected chi connectivity index (χ0v) is 11.6. The molecule has 0 radical (unpaired) electrons. The van der Waals surface area contributed by atoms with Crippen molar-refractivity contribution >= 4 is 23.5 Å². The van der Waals surface area contributed by atoms with Crippen LogP contribution in [0.1, 0.15) is 37.3 Å². The van der Waals surface area contributed by atoms with Gasteiger partial charge in [-0.05, 0) is 37.1 Å². The van der Waals surface area contributed by atoms with E-state index in [0.29, 0.717) is 6.04 Å². The van der Waals surface area contributed by atoms with Crippen LogP contribution in [0.5, 0.6) is 0 Å². The number of nitrogens with zero attached hydrogens (tertiary/aromatic N) is 2. The molecule has 1 aromatic heterocycles. The first-order valence-corrected chi connectivity index (χ1v) is 7.16. The third kappa shape index (κ3) is 3.07. The zero-order valence-electron chi connectivity index (χ0n) is 10.8. The summed E-state index contributed by atoms with van der Waals surface area (Å²) in [6.07, 6.45) is 11.6. The third-order valence-electron chi connectivity index (χ3n) is 3.65. The van der Waals surface area contributed by atoms with Crippen molar-refractivity contribution in [3.63, 3.8) is 0 Å². The van der Waals surface area contributed by atoms with Crippen LogP contribution in [0.15, 0.2) is 47.7 Å². The van der Waals surface area contributed by atoms with E-state index in [4.69, 9.17) is 11.6 Å². The summed E-state index contributed by atoms with van der Waals surface area (Å²) < 4.78 is 2.33. The molecule has 1 fully saturated rings. The van der Waals surface area contributed by atoms with Crippen LogP contribution in [-0.2, 0) is 0 Å². The number of halogens is 1. The van der Waals surface area contributed by atoms with Gasteiger partial charge >= 0.3 is 0 Å². The lowest BCUT2D eigenvalue weighted by Gasteiger charge is -2.10. The Morgan fingerprint density at radius 1 is 1.21 bits per heavy atom. The Morgan fingerprint density at radius 2 is 2.05 bits per heavy atom. The van der Waals surface area contributed by atoms with Crippen molar-refractivity contribution in [3.8, 4) is 0 Å². The van der Waals surface area contributed by atoms with E-state index in [1.807, 2.05) is 30.5 Å². The Bertz CT molecular complexity index is 580. The molecule has 0 amide bonds. The van der Waals surface area contributed by atoms with Gasteiger partial charge in [-0.15, -0.1) is 0 Å². The molecule has 1 aliphatic carbocycles. The Balaban J connectivity index is 1.73. The van der Waals surface area contributed by atoms with Gasteiger partial charge in [0, 0.05) is 35.2 Å². The summed E-state index contributed by atoms with van der Waals surface area (Å²) in [5.41, 5.74) is 2.04. The van der Waals surface area contributed by atoms with E-state index < -0.39 is 0 Å². The maximum absolute atomic E-state index is 5.94. The monoisotopic (exact) mass is 272 g/mol. The summed E-state index contributed by atoms with van der Waals surface area (Å²) in [5.74, 6) is 0. The second-order valence-corrected chi connectivity index (χ2v) is 5.50. The van der Waals surface area contributed by atoms with E-state index in [1.165, 1.54) is 25.7 Å². The van der Waals surface area contributed by atoms with Gasteiger partial charge < -0.3 is 4.57 Å². The minimum absolute atomic E-state index is 0.688. The first kappa shape index (κ1) is 12.5. The summed E-state index contributed by atoms with van der Waals surface area (Å²) in [7, 11) is 0. The smallest absolute Gasteiger partial charge is 0.0644 e. The molecule has 3 heteroatoms. The van der Waals surface area contributed by atoms with Crippen LogP contribution < -0.4 is 0 Å². The maximum Gasteiger partial charge on any atom is 0.0644 e. The minimum Gasteiger partial charge on any atom is -0.351 e. The standard InChI is InChI=1S/C16H17ClN2/c17-14-4-3-5-15(10-14)18-11-13-8-9-19(12-13)16-6-1-2-7-16/h3-5,8-12,16H,1-2,6-7H2. The predicted octanol–water partition coefficient (Wildman–Crippen LogP) is 5.01. The molecule has 0 aliphatic heterocycles. The molecular formula is C16H17ClN2. The average molecular weight is 273 g/mol. The molecule has 0 atom stereocenters. The molecule has 2 aromatic rings. The van der Waals surface area contributed by atoms with Crippen LogP contribution in [-0.4, -0.2) is 10.8 Å². The van der Waals surface area contributed by atoms with Gasteiger partial charge in [0.05, 0.1) is 5.69 Å². The van der Waals surface area contributed by atoms with Gasteiger partial charge in [0.1, 0.15) is 0 Å². The van der Waals surface area contributed by atoms with Crippen molar-refractivity contribution in [2.75, 3.05) is 0 Å². The molecule has 0 saturated heterocycles. The first-order chi connectivity index (χ1) is 9.31. The lowest BCUT2D eigenvalue weighted by Crippen LogP contribution is -2.00. The van der Waals surface area contributed by atoms with Crippen LogP contribution >= 0.6 is 11.6 Å². The topological polar surface area (TPSA) is 17.3 Å². The van der Waals surface area contributed by atoms with Gasteiger partial charge in [0.15, 0.2) is 0 Å². The van der Waals surface area contributed by atoms with Gasteiger partial charge in [0.2, 0.25) is 0 Å². The number of aromatic nitrogens is 1. The molecule has 98 valence electrons. The summed E-state index contributed by atoms with van der Waals surface area (Å²) in [6, 6.07) is 10.4. The Morgan fingerprint density at radius 3 is 2.84 bits per heavy atom. The predicted molar refractivity (Wildman–Crippen MR) is 80.6 cm³/mol. The van der Waals surface area contributed by atoms with Crippen molar-refractivity contribution < 1.29 is 0 Å². The fraction of sp³-hybridized carbons (Fsp3) is 0.312. The summed E-state index contributed by atoms with van der Waals surface area (Å²) >= 11 is 5.94. The molecule has 0 N–H and O–H groups in total. The third-order valence-corrected chi connectivity index (χ3v) is 3.89. The average Bonchev–Trinajstić information content (AvgIpc) is 3.07. The Labute approximate surface area is 118 Å². The largest absolute Gasteiger partial charge is 0.351 e. The number of hydrogen-bond donors (Lipinski definition) is 0. The lowest BCUT2D eigenvalue weighted by atomic mass is 10.2. The number of benzene rings is 1. The fourth-order valence-electron chi connectivity index (χ4n) is 2.64. The second-order valence-electron chi connectivity index (χ2n) is 5.07. The fourth-order valence-corrected chi connectivity index (χ4v) is 2.83. The SMILES string of the molecule is Clc1cccc(N=Cc2ccn(C3CCCC3)c2)c1. The van der Waals surface area contributed by atoms with Crippen molar-refractivity contribution in [3.05, 3.63) is 53.3 Å². The van der Waals surface area contributed by atoms with Crippen molar-refractivity contribution in [2.24, 2.45) is 4.99 Å². The van der Waals surface area contributed by atoms with E-state index in [1.54, 1.807) is 0 Å². The Kier molecular flexibility index (Phi) is 3.69. The van der Waals surface area contributed by atoms with E-state index >= 15 is 0 Å². The summed E-state index contributed by atoms with van der Waals surface area (Å²) in [4.78, 5) is 4.45. The minimum atomic E-state index is 0.688. The highest BCUT2D eigenvalue weighted by atomic mass is 35.5. The quantitative estimate of drug-likeness (QED) is 0.699. The number of aliphatic imine (C=N–C) groups is 1. The van der Waals surface area contributed by atoms with Crippen LogP contribution in [0.3, 0.4) is 0 Å². The van der Waals surface area contributed by atoms with Crippen molar-refractivity contribution in [2.45, 2.75) is 31.7 Å². The summed E-state index contributed by atoms with van der Waals surface area (Å²) in [5, 5.41) is 0.721. The molecule has 1 saturated carbocycles. The van der Waals surface area contributed by atoms with Crippen LogP contribution in [0, 0.1) is 0 Å². The molecule has 0 bridgehead atoms. The van der Waals surface area contributed by atoms with E-state index in [9.17, 15) is 0 Å². The molecule has 0 spiro atoms. The Hall–Kier alpha value is -1.54. The normalized spacial score (nSPS) is 16.5. The molecule has 0 unspecified atom stereocenters. The lowest BCUT2D eigenvalue weighted by molar-refractivity contribution is 0.521. The molecule has 3 rings (SSSR count). The highest BCUT2D eigenvalue weighted by molar-refractivity contribution is 6.30. The van der Waals surface area contributed by atoms with Crippen LogP contribution in [0.25, 0.3) is 0 Å². The maximum atomic E-state index is 5.94. The summed E-state index contributed by atoms with van der Waals surface area (Å²) in [6.45, 7) is 0. The molecule has 2 nitrogen and oxygen atoms in total.